The molecule has 0 saturated heterocycles. The molecule has 3 N–H and O–H groups in total. The molecular weight excluding hydrogens is 304 g/mol. The van der Waals surface area contributed by atoms with E-state index in [0.717, 1.165) is 24.2 Å². The molecule has 1 amide bonds. The van der Waals surface area contributed by atoms with Gasteiger partial charge in [-0.2, -0.15) is 0 Å². The molecule has 1 aliphatic carbocycles. The highest BCUT2D eigenvalue weighted by atomic mass is 35.5. The van der Waals surface area contributed by atoms with E-state index in [1.807, 2.05) is 18.2 Å². The molecule has 0 radical (unpaired) electrons. The fourth-order valence-corrected chi connectivity index (χ4v) is 2.51. The Hall–Kier alpha value is -1.46. The predicted molar refractivity (Wildman–Crippen MR) is 88.6 cm³/mol. The molecule has 1 aromatic carbocycles. The second kappa shape index (κ2) is 8.86. The van der Waals surface area contributed by atoms with Gasteiger partial charge in [-0.1, -0.05) is 12.1 Å². The highest BCUT2D eigenvalue weighted by Gasteiger charge is 2.20. The van der Waals surface area contributed by atoms with Crippen LogP contribution in [-0.2, 0) is 11.3 Å². The molecule has 0 spiro atoms. The molecule has 124 valence electrons. The Balaban J connectivity index is 0.00000242. The molecule has 1 atom stereocenters. The van der Waals surface area contributed by atoms with Crippen LogP contribution in [0, 0.1) is 0 Å². The van der Waals surface area contributed by atoms with Crippen LogP contribution < -0.4 is 20.5 Å². The zero-order valence-corrected chi connectivity index (χ0v) is 13.9. The van der Waals surface area contributed by atoms with Crippen molar-refractivity contribution in [2.24, 2.45) is 5.73 Å². The second-order valence-corrected chi connectivity index (χ2v) is 5.48. The summed E-state index contributed by atoms with van der Waals surface area (Å²) in [5, 5.41) is 2.82. The normalized spacial score (nSPS) is 15.8. The number of methoxy groups -OCH3 is 1. The van der Waals surface area contributed by atoms with E-state index < -0.39 is 6.04 Å². The summed E-state index contributed by atoms with van der Waals surface area (Å²) >= 11 is 0. The number of amides is 1. The summed E-state index contributed by atoms with van der Waals surface area (Å²) in [7, 11) is 1.63. The lowest BCUT2D eigenvalue weighted by molar-refractivity contribution is -0.122. The monoisotopic (exact) mass is 328 g/mol. The van der Waals surface area contributed by atoms with Gasteiger partial charge in [-0.05, 0) is 38.7 Å². The number of nitrogens with one attached hydrogen (secondary N) is 1. The molecule has 0 bridgehead atoms. The number of para-hydroxylation sites is 1. The van der Waals surface area contributed by atoms with E-state index >= 15 is 0 Å². The minimum atomic E-state index is -0.519. The lowest BCUT2D eigenvalue weighted by atomic mass is 10.1. The zero-order valence-electron chi connectivity index (χ0n) is 13.1. The van der Waals surface area contributed by atoms with E-state index in [0.29, 0.717) is 12.3 Å². The molecular formula is C16H25ClN2O3. The number of carbonyl (C=O) groups excluding carboxylic acids is 1. The first-order chi connectivity index (χ1) is 10.1. The molecule has 1 aromatic rings. The maximum Gasteiger partial charge on any atom is 0.236 e. The molecule has 6 heteroatoms. The third kappa shape index (κ3) is 4.78. The first-order valence-electron chi connectivity index (χ1n) is 7.47. The first kappa shape index (κ1) is 18.6. The van der Waals surface area contributed by atoms with Gasteiger partial charge >= 0.3 is 0 Å². The number of benzene rings is 1. The van der Waals surface area contributed by atoms with Crippen molar-refractivity contribution in [3.05, 3.63) is 23.8 Å². The Labute approximate surface area is 138 Å². The van der Waals surface area contributed by atoms with E-state index in [-0.39, 0.29) is 24.4 Å². The molecule has 0 heterocycles. The number of rotatable bonds is 6. The summed E-state index contributed by atoms with van der Waals surface area (Å²) in [6.45, 7) is 2.05. The highest BCUT2D eigenvalue weighted by molar-refractivity contribution is 5.85. The third-order valence-corrected chi connectivity index (χ3v) is 3.73. The molecule has 1 saturated carbocycles. The summed E-state index contributed by atoms with van der Waals surface area (Å²) < 4.78 is 11.5. The van der Waals surface area contributed by atoms with E-state index in [2.05, 4.69) is 5.32 Å². The van der Waals surface area contributed by atoms with Crippen molar-refractivity contribution in [2.75, 3.05) is 7.11 Å². The number of halogens is 1. The number of carbonyl (C=O) groups is 1. The van der Waals surface area contributed by atoms with E-state index in [1.165, 1.54) is 12.8 Å². The molecule has 0 aliphatic heterocycles. The average Bonchev–Trinajstić information content (AvgIpc) is 2.98. The van der Waals surface area contributed by atoms with Crippen LogP contribution in [0.5, 0.6) is 11.5 Å². The number of hydrogen-bond acceptors (Lipinski definition) is 4. The average molecular weight is 329 g/mol. The largest absolute Gasteiger partial charge is 0.493 e. The minimum Gasteiger partial charge on any atom is -0.493 e. The molecule has 5 nitrogen and oxygen atoms in total. The van der Waals surface area contributed by atoms with Crippen LogP contribution in [0.25, 0.3) is 0 Å². The Morgan fingerprint density at radius 3 is 2.68 bits per heavy atom. The van der Waals surface area contributed by atoms with Gasteiger partial charge in [0.25, 0.3) is 0 Å². The summed E-state index contributed by atoms with van der Waals surface area (Å²) in [6.07, 6.45) is 4.80. The van der Waals surface area contributed by atoms with E-state index in [1.54, 1.807) is 14.0 Å². The van der Waals surface area contributed by atoms with Crippen LogP contribution in [0.2, 0.25) is 0 Å². The number of nitrogens with two attached hydrogens (primary N) is 1. The van der Waals surface area contributed by atoms with Gasteiger partial charge in [0.05, 0.1) is 19.3 Å². The Morgan fingerprint density at radius 1 is 1.41 bits per heavy atom. The maximum absolute atomic E-state index is 11.6. The second-order valence-electron chi connectivity index (χ2n) is 5.48. The van der Waals surface area contributed by atoms with Crippen molar-refractivity contribution in [3.63, 3.8) is 0 Å². The van der Waals surface area contributed by atoms with Crippen molar-refractivity contribution < 1.29 is 14.3 Å². The predicted octanol–water partition coefficient (Wildman–Crippen LogP) is 2.40. The van der Waals surface area contributed by atoms with Crippen LogP contribution in [0.1, 0.15) is 38.2 Å². The lowest BCUT2D eigenvalue weighted by Gasteiger charge is -2.19. The number of ether oxygens (including phenoxy) is 2. The van der Waals surface area contributed by atoms with Crippen LogP contribution >= 0.6 is 12.4 Å². The van der Waals surface area contributed by atoms with Crippen molar-refractivity contribution in [3.8, 4) is 11.5 Å². The van der Waals surface area contributed by atoms with E-state index in [9.17, 15) is 4.79 Å². The SMILES string of the molecule is COc1cccc(CNC(=O)[C@H](C)N)c1OC1CCCC1.Cl. The Bertz CT molecular complexity index is 488. The van der Waals surface area contributed by atoms with Crippen molar-refractivity contribution >= 4 is 18.3 Å². The minimum absolute atomic E-state index is 0. The topological polar surface area (TPSA) is 73.6 Å². The quantitative estimate of drug-likeness (QED) is 0.841. The summed E-state index contributed by atoms with van der Waals surface area (Å²) in [6, 6.07) is 5.19. The molecule has 1 fully saturated rings. The van der Waals surface area contributed by atoms with Crippen LogP contribution in [0.15, 0.2) is 18.2 Å². The van der Waals surface area contributed by atoms with Gasteiger partial charge in [-0.3, -0.25) is 4.79 Å². The standard InChI is InChI=1S/C16H24N2O3.ClH/c1-11(17)16(19)18-10-12-6-5-9-14(20-2)15(12)21-13-7-3-4-8-13;/h5-6,9,11,13H,3-4,7-8,10,17H2,1-2H3,(H,18,19);1H/t11-;/m0./s1. The van der Waals surface area contributed by atoms with Crippen LogP contribution in [0.4, 0.5) is 0 Å². The third-order valence-electron chi connectivity index (χ3n) is 3.73. The number of hydrogen-bond donors (Lipinski definition) is 2. The lowest BCUT2D eigenvalue weighted by Crippen LogP contribution is -2.37. The molecule has 0 aromatic heterocycles. The van der Waals surface area contributed by atoms with Crippen LogP contribution in [-0.4, -0.2) is 25.2 Å². The summed E-state index contributed by atoms with van der Waals surface area (Å²) in [4.78, 5) is 11.6. The smallest absolute Gasteiger partial charge is 0.236 e. The van der Waals surface area contributed by atoms with Crippen molar-refractivity contribution in [2.45, 2.75) is 51.3 Å². The van der Waals surface area contributed by atoms with Gasteiger partial charge in [0.1, 0.15) is 0 Å². The molecule has 1 aliphatic rings. The highest BCUT2D eigenvalue weighted by Crippen LogP contribution is 2.34. The van der Waals surface area contributed by atoms with Gasteiger partial charge in [0.15, 0.2) is 11.5 Å². The summed E-state index contributed by atoms with van der Waals surface area (Å²) in [5.41, 5.74) is 6.47. The van der Waals surface area contributed by atoms with Gasteiger partial charge < -0.3 is 20.5 Å². The molecule has 22 heavy (non-hydrogen) atoms. The fourth-order valence-electron chi connectivity index (χ4n) is 2.51. The fraction of sp³-hybridized carbons (Fsp3) is 0.562. The van der Waals surface area contributed by atoms with Gasteiger partial charge in [-0.25, -0.2) is 0 Å². The van der Waals surface area contributed by atoms with Gasteiger partial charge in [-0.15, -0.1) is 12.4 Å². The van der Waals surface area contributed by atoms with Crippen LogP contribution in [0.3, 0.4) is 0 Å². The molecule has 0 unspecified atom stereocenters. The molecule has 2 rings (SSSR count). The Morgan fingerprint density at radius 2 is 2.09 bits per heavy atom. The Kier molecular flexibility index (Phi) is 7.48. The van der Waals surface area contributed by atoms with Gasteiger partial charge in [0, 0.05) is 12.1 Å². The van der Waals surface area contributed by atoms with Gasteiger partial charge in [0.2, 0.25) is 5.91 Å². The maximum atomic E-state index is 11.6. The van der Waals surface area contributed by atoms with Crippen molar-refractivity contribution in [1.82, 2.24) is 5.32 Å². The zero-order chi connectivity index (χ0) is 15.2. The van der Waals surface area contributed by atoms with E-state index in [4.69, 9.17) is 15.2 Å². The van der Waals surface area contributed by atoms with Crippen molar-refractivity contribution in [1.29, 1.82) is 0 Å². The summed E-state index contributed by atoms with van der Waals surface area (Å²) in [5.74, 6) is 1.26. The first-order valence-corrected chi connectivity index (χ1v) is 7.47.